The molecule has 0 spiro atoms. The predicted molar refractivity (Wildman–Crippen MR) is 75.9 cm³/mol. The molecule has 0 aliphatic rings. The number of benzene rings is 2. The zero-order valence-electron chi connectivity index (χ0n) is 9.11. The van der Waals surface area contributed by atoms with Crippen LogP contribution in [0.15, 0.2) is 40.9 Å². The molecule has 0 amide bonds. The van der Waals surface area contributed by atoms with Gasteiger partial charge in [0.25, 0.3) is 0 Å². The number of phenols is 1. The first-order valence-corrected chi connectivity index (χ1v) is 6.45. The number of fused-ring (bicyclic) bond motifs is 1. The molecule has 0 saturated heterocycles. The maximum Gasteiger partial charge on any atom is 0.142 e. The Morgan fingerprint density at radius 3 is 2.78 bits per heavy atom. The van der Waals surface area contributed by atoms with Crippen molar-refractivity contribution in [2.45, 2.75) is 0 Å². The molecule has 3 aromatic rings. The molecule has 0 saturated carbocycles. The Kier molecular flexibility index (Phi) is 2.76. The van der Waals surface area contributed by atoms with Crippen LogP contribution >= 0.6 is 27.5 Å². The number of rotatable bonds is 1. The van der Waals surface area contributed by atoms with Crippen molar-refractivity contribution in [2.75, 3.05) is 0 Å². The van der Waals surface area contributed by atoms with Gasteiger partial charge in [0, 0.05) is 5.02 Å². The minimum absolute atomic E-state index is 0.124. The summed E-state index contributed by atoms with van der Waals surface area (Å²) in [4.78, 5) is 7.59. The molecule has 18 heavy (non-hydrogen) atoms. The first kappa shape index (κ1) is 11.6. The van der Waals surface area contributed by atoms with Crippen molar-refractivity contribution in [3.8, 4) is 17.1 Å². The maximum atomic E-state index is 10.0. The lowest BCUT2D eigenvalue weighted by Gasteiger charge is -2.04. The number of halogens is 2. The summed E-state index contributed by atoms with van der Waals surface area (Å²) in [6, 6.07) is 11.0. The third-order valence-electron chi connectivity index (χ3n) is 2.67. The van der Waals surface area contributed by atoms with Gasteiger partial charge in [-0.2, -0.15) is 0 Å². The van der Waals surface area contributed by atoms with Crippen LogP contribution in [-0.2, 0) is 0 Å². The van der Waals surface area contributed by atoms with Crippen molar-refractivity contribution < 1.29 is 5.11 Å². The number of nitrogens with one attached hydrogen (secondary N) is 1. The molecule has 2 aromatic carbocycles. The van der Waals surface area contributed by atoms with Gasteiger partial charge in [-0.1, -0.05) is 23.7 Å². The van der Waals surface area contributed by atoms with E-state index in [1.54, 1.807) is 12.1 Å². The Balaban J connectivity index is 2.26. The molecule has 0 bridgehead atoms. The lowest BCUT2D eigenvalue weighted by Crippen LogP contribution is -1.83. The minimum Gasteiger partial charge on any atom is -0.506 e. The Labute approximate surface area is 117 Å². The first-order valence-electron chi connectivity index (χ1n) is 5.28. The van der Waals surface area contributed by atoms with Gasteiger partial charge in [-0.15, -0.1) is 0 Å². The van der Waals surface area contributed by atoms with Crippen molar-refractivity contribution in [1.82, 2.24) is 9.97 Å². The molecule has 1 aromatic heterocycles. The summed E-state index contributed by atoms with van der Waals surface area (Å²) in [5.74, 6) is 0.718. The van der Waals surface area contributed by atoms with Crippen LogP contribution in [0.3, 0.4) is 0 Å². The number of aromatic amines is 1. The van der Waals surface area contributed by atoms with E-state index in [-0.39, 0.29) is 5.75 Å². The van der Waals surface area contributed by atoms with Crippen LogP contribution in [-0.4, -0.2) is 15.1 Å². The molecule has 3 rings (SSSR count). The number of phenolic OH excluding ortho intramolecular Hbond substituents is 1. The monoisotopic (exact) mass is 322 g/mol. The summed E-state index contributed by atoms with van der Waals surface area (Å²) >= 11 is 9.25. The van der Waals surface area contributed by atoms with Crippen LogP contribution in [0.4, 0.5) is 0 Å². The second kappa shape index (κ2) is 4.30. The first-order chi connectivity index (χ1) is 8.65. The number of para-hydroxylation sites is 2. The highest BCUT2D eigenvalue weighted by molar-refractivity contribution is 9.10. The predicted octanol–water partition coefficient (Wildman–Crippen LogP) is 4.35. The third kappa shape index (κ3) is 1.87. The van der Waals surface area contributed by atoms with Crippen LogP contribution in [0, 0.1) is 0 Å². The van der Waals surface area contributed by atoms with Crippen molar-refractivity contribution >= 4 is 38.6 Å². The van der Waals surface area contributed by atoms with Gasteiger partial charge in [-0.3, -0.25) is 0 Å². The smallest absolute Gasteiger partial charge is 0.142 e. The summed E-state index contributed by atoms with van der Waals surface area (Å²) in [7, 11) is 0. The summed E-state index contributed by atoms with van der Waals surface area (Å²) in [5.41, 5.74) is 2.34. The fourth-order valence-electron chi connectivity index (χ4n) is 1.83. The van der Waals surface area contributed by atoms with Crippen LogP contribution in [0.1, 0.15) is 0 Å². The molecule has 2 N–H and O–H groups in total. The second-order valence-electron chi connectivity index (χ2n) is 3.89. The van der Waals surface area contributed by atoms with Crippen LogP contribution in [0.5, 0.6) is 5.75 Å². The van der Waals surface area contributed by atoms with Crippen molar-refractivity contribution in [3.63, 3.8) is 0 Å². The van der Waals surface area contributed by atoms with Crippen LogP contribution < -0.4 is 0 Å². The van der Waals surface area contributed by atoms with Gasteiger partial charge >= 0.3 is 0 Å². The molecule has 1 heterocycles. The summed E-state index contributed by atoms with van der Waals surface area (Å²) < 4.78 is 0.547. The van der Waals surface area contributed by atoms with Gasteiger partial charge in [-0.25, -0.2) is 4.98 Å². The van der Waals surface area contributed by atoms with Gasteiger partial charge in [0.2, 0.25) is 0 Å². The molecule has 0 fully saturated rings. The molecule has 0 aliphatic carbocycles. The topological polar surface area (TPSA) is 48.9 Å². The normalized spacial score (nSPS) is 11.0. The third-order valence-corrected chi connectivity index (χ3v) is 3.50. The van der Waals surface area contributed by atoms with E-state index in [1.165, 1.54) is 0 Å². The highest BCUT2D eigenvalue weighted by Gasteiger charge is 2.13. The molecule has 0 atom stereocenters. The van der Waals surface area contributed by atoms with E-state index in [4.69, 9.17) is 11.6 Å². The number of aromatic nitrogens is 2. The second-order valence-corrected chi connectivity index (χ2v) is 5.18. The van der Waals surface area contributed by atoms with Crippen molar-refractivity contribution in [3.05, 3.63) is 45.9 Å². The lowest BCUT2D eigenvalue weighted by atomic mass is 10.2. The van der Waals surface area contributed by atoms with Crippen LogP contribution in [0.2, 0.25) is 5.02 Å². The fraction of sp³-hybridized carbons (Fsp3) is 0. The minimum atomic E-state index is 0.124. The lowest BCUT2D eigenvalue weighted by molar-refractivity contribution is 0.473. The zero-order valence-corrected chi connectivity index (χ0v) is 11.5. The van der Waals surface area contributed by atoms with Crippen LogP contribution in [0.25, 0.3) is 22.4 Å². The molecule has 0 aliphatic heterocycles. The quantitative estimate of drug-likeness (QED) is 0.699. The molecule has 0 radical (unpaired) electrons. The van der Waals surface area contributed by atoms with Gasteiger partial charge in [0.1, 0.15) is 11.6 Å². The molecule has 0 unspecified atom stereocenters. The van der Waals surface area contributed by atoms with E-state index >= 15 is 0 Å². The standard InChI is InChI=1S/C13H8BrClN2O/c14-9-6-7(15)5-8(12(9)18)13-16-10-3-1-2-4-11(10)17-13/h1-6,18H,(H,16,17). The van der Waals surface area contributed by atoms with E-state index < -0.39 is 0 Å². The average Bonchev–Trinajstić information content (AvgIpc) is 2.77. The zero-order chi connectivity index (χ0) is 12.7. The number of H-pyrrole nitrogens is 1. The van der Waals surface area contributed by atoms with Crippen molar-refractivity contribution in [2.24, 2.45) is 0 Å². The molecule has 5 heteroatoms. The van der Waals surface area contributed by atoms with Gasteiger partial charge in [-0.05, 0) is 40.2 Å². The highest BCUT2D eigenvalue weighted by Crippen LogP contribution is 2.37. The van der Waals surface area contributed by atoms with Gasteiger partial charge < -0.3 is 10.1 Å². The summed E-state index contributed by atoms with van der Waals surface area (Å²) in [5, 5.41) is 10.6. The van der Waals surface area contributed by atoms with E-state index in [0.29, 0.717) is 20.9 Å². The largest absolute Gasteiger partial charge is 0.506 e. The molecular formula is C13H8BrClN2O. The average molecular weight is 324 g/mol. The Morgan fingerprint density at radius 2 is 2.00 bits per heavy atom. The van der Waals surface area contributed by atoms with E-state index in [0.717, 1.165) is 11.0 Å². The van der Waals surface area contributed by atoms with E-state index in [1.807, 2.05) is 24.3 Å². The SMILES string of the molecule is Oc1c(Br)cc(Cl)cc1-c1nc2ccccc2[nH]1. The number of hydrogen-bond donors (Lipinski definition) is 2. The van der Waals surface area contributed by atoms with E-state index in [2.05, 4.69) is 25.9 Å². The fourth-order valence-corrected chi connectivity index (χ4v) is 2.64. The van der Waals surface area contributed by atoms with Gasteiger partial charge in [0.15, 0.2) is 0 Å². The number of nitrogens with zero attached hydrogens (tertiary/aromatic N) is 1. The Hall–Kier alpha value is -1.52. The number of hydrogen-bond acceptors (Lipinski definition) is 2. The number of aromatic hydroxyl groups is 1. The highest BCUT2D eigenvalue weighted by atomic mass is 79.9. The molecule has 90 valence electrons. The number of imidazole rings is 1. The van der Waals surface area contributed by atoms with E-state index in [9.17, 15) is 5.11 Å². The maximum absolute atomic E-state index is 10.0. The summed E-state index contributed by atoms with van der Waals surface area (Å²) in [6.07, 6.45) is 0. The molecule has 3 nitrogen and oxygen atoms in total. The Bertz CT molecular complexity index is 706. The van der Waals surface area contributed by atoms with Gasteiger partial charge in [0.05, 0.1) is 21.1 Å². The molecular weight excluding hydrogens is 316 g/mol. The Morgan fingerprint density at radius 1 is 1.22 bits per heavy atom. The summed E-state index contributed by atoms with van der Waals surface area (Å²) in [6.45, 7) is 0. The van der Waals surface area contributed by atoms with Crippen molar-refractivity contribution in [1.29, 1.82) is 0 Å².